The highest BCUT2D eigenvalue weighted by molar-refractivity contribution is 9.10. The molecule has 1 aliphatic rings. The summed E-state index contributed by atoms with van der Waals surface area (Å²) in [6.45, 7) is 1.91. The van der Waals surface area contributed by atoms with E-state index in [4.69, 9.17) is 0 Å². The van der Waals surface area contributed by atoms with Crippen LogP contribution in [0.5, 0.6) is 0 Å². The third-order valence-corrected chi connectivity index (χ3v) is 4.02. The van der Waals surface area contributed by atoms with E-state index in [1.807, 2.05) is 37.3 Å². The SMILES string of the molecule is Cc1ccc(N2C(=O)CC(c3cccc(Br)c3)C2=O)nc1. The van der Waals surface area contributed by atoms with Gasteiger partial charge in [0.15, 0.2) is 0 Å². The van der Waals surface area contributed by atoms with Gasteiger partial charge in [0.05, 0.1) is 5.92 Å². The fraction of sp³-hybridized carbons (Fsp3) is 0.188. The van der Waals surface area contributed by atoms with E-state index in [2.05, 4.69) is 20.9 Å². The van der Waals surface area contributed by atoms with E-state index in [0.29, 0.717) is 5.82 Å². The first-order chi connectivity index (χ1) is 10.1. The Labute approximate surface area is 130 Å². The van der Waals surface area contributed by atoms with Crippen LogP contribution < -0.4 is 4.90 Å². The van der Waals surface area contributed by atoms with Crippen molar-refractivity contribution in [1.29, 1.82) is 0 Å². The molecule has 1 atom stereocenters. The summed E-state index contributed by atoms with van der Waals surface area (Å²) in [5, 5.41) is 0. The van der Waals surface area contributed by atoms with Gasteiger partial charge in [-0.1, -0.05) is 34.1 Å². The predicted octanol–water partition coefficient (Wildman–Crippen LogP) is 3.20. The maximum absolute atomic E-state index is 12.6. The number of benzene rings is 1. The van der Waals surface area contributed by atoms with E-state index in [1.54, 1.807) is 12.3 Å². The quantitative estimate of drug-likeness (QED) is 0.786. The van der Waals surface area contributed by atoms with Crippen LogP contribution in [0.3, 0.4) is 0 Å². The van der Waals surface area contributed by atoms with Crippen molar-refractivity contribution < 1.29 is 9.59 Å². The summed E-state index contributed by atoms with van der Waals surface area (Å²) in [6, 6.07) is 11.0. The normalized spacial score (nSPS) is 18.4. The molecule has 106 valence electrons. The minimum absolute atomic E-state index is 0.185. The van der Waals surface area contributed by atoms with Crippen LogP contribution in [-0.2, 0) is 9.59 Å². The Morgan fingerprint density at radius 3 is 2.71 bits per heavy atom. The number of carbonyl (C=O) groups is 2. The van der Waals surface area contributed by atoms with Crippen molar-refractivity contribution in [1.82, 2.24) is 4.98 Å². The zero-order valence-corrected chi connectivity index (χ0v) is 13.0. The predicted molar refractivity (Wildman–Crippen MR) is 83.0 cm³/mol. The van der Waals surface area contributed by atoms with E-state index >= 15 is 0 Å². The van der Waals surface area contributed by atoms with Crippen LogP contribution in [0.2, 0.25) is 0 Å². The zero-order valence-electron chi connectivity index (χ0n) is 11.4. The van der Waals surface area contributed by atoms with E-state index in [0.717, 1.165) is 15.6 Å². The molecule has 2 amide bonds. The van der Waals surface area contributed by atoms with Gasteiger partial charge in [0, 0.05) is 17.1 Å². The molecule has 2 aromatic rings. The monoisotopic (exact) mass is 344 g/mol. The summed E-state index contributed by atoms with van der Waals surface area (Å²) in [5.41, 5.74) is 1.83. The number of aromatic nitrogens is 1. The molecule has 4 nitrogen and oxygen atoms in total. The highest BCUT2D eigenvalue weighted by Crippen LogP contribution is 2.33. The number of hydrogen-bond donors (Lipinski definition) is 0. The molecule has 2 heterocycles. The van der Waals surface area contributed by atoms with E-state index in [1.165, 1.54) is 4.90 Å². The van der Waals surface area contributed by atoms with Gasteiger partial charge in [0.25, 0.3) is 0 Å². The summed E-state index contributed by atoms with van der Waals surface area (Å²) in [7, 11) is 0. The number of anilines is 1. The number of imide groups is 1. The summed E-state index contributed by atoms with van der Waals surface area (Å²) >= 11 is 3.39. The number of rotatable bonds is 2. The zero-order chi connectivity index (χ0) is 15.0. The lowest BCUT2D eigenvalue weighted by Crippen LogP contribution is -2.30. The van der Waals surface area contributed by atoms with Crippen molar-refractivity contribution in [3.63, 3.8) is 0 Å². The van der Waals surface area contributed by atoms with Crippen LogP contribution in [0.1, 0.15) is 23.5 Å². The van der Waals surface area contributed by atoms with Gasteiger partial charge in [-0.15, -0.1) is 0 Å². The lowest BCUT2D eigenvalue weighted by molar-refractivity contribution is -0.121. The number of hydrogen-bond acceptors (Lipinski definition) is 3. The standard InChI is InChI=1S/C16H13BrN2O2/c1-10-5-6-14(18-9-10)19-15(20)8-13(16(19)21)11-3-2-4-12(17)7-11/h2-7,9,13H,8H2,1H3. The Morgan fingerprint density at radius 1 is 1.24 bits per heavy atom. The van der Waals surface area contributed by atoms with E-state index in [9.17, 15) is 9.59 Å². The van der Waals surface area contributed by atoms with Crippen molar-refractivity contribution in [3.8, 4) is 0 Å². The summed E-state index contributed by atoms with van der Waals surface area (Å²) in [6.07, 6.45) is 1.84. The molecular formula is C16H13BrN2O2. The van der Waals surface area contributed by atoms with Crippen molar-refractivity contribution >= 4 is 33.6 Å². The van der Waals surface area contributed by atoms with Gasteiger partial charge in [-0.05, 0) is 36.2 Å². The lowest BCUT2D eigenvalue weighted by Gasteiger charge is -2.14. The Morgan fingerprint density at radius 2 is 2.05 bits per heavy atom. The smallest absolute Gasteiger partial charge is 0.243 e. The van der Waals surface area contributed by atoms with Gasteiger partial charge >= 0.3 is 0 Å². The maximum Gasteiger partial charge on any atom is 0.243 e. The van der Waals surface area contributed by atoms with Crippen molar-refractivity contribution in [3.05, 3.63) is 58.2 Å². The maximum atomic E-state index is 12.6. The number of carbonyl (C=O) groups excluding carboxylic acids is 2. The largest absolute Gasteiger partial charge is 0.274 e. The molecule has 3 rings (SSSR count). The molecule has 0 bridgehead atoms. The molecule has 21 heavy (non-hydrogen) atoms. The van der Waals surface area contributed by atoms with E-state index in [-0.39, 0.29) is 18.2 Å². The highest BCUT2D eigenvalue weighted by atomic mass is 79.9. The third-order valence-electron chi connectivity index (χ3n) is 3.52. The molecule has 1 unspecified atom stereocenters. The first kappa shape index (κ1) is 13.9. The Hall–Kier alpha value is -2.01. The second-order valence-electron chi connectivity index (χ2n) is 5.07. The third kappa shape index (κ3) is 2.61. The second kappa shape index (κ2) is 5.41. The van der Waals surface area contributed by atoms with Gasteiger partial charge in [-0.3, -0.25) is 9.59 Å². The van der Waals surface area contributed by atoms with E-state index < -0.39 is 5.92 Å². The minimum Gasteiger partial charge on any atom is -0.274 e. The molecule has 5 heteroatoms. The average Bonchev–Trinajstić information content (AvgIpc) is 2.75. The number of nitrogens with zero attached hydrogens (tertiary/aromatic N) is 2. The molecule has 0 saturated carbocycles. The molecular weight excluding hydrogens is 332 g/mol. The summed E-state index contributed by atoms with van der Waals surface area (Å²) < 4.78 is 0.896. The average molecular weight is 345 g/mol. The van der Waals surface area contributed by atoms with Crippen molar-refractivity contribution in [2.75, 3.05) is 4.90 Å². The Kier molecular flexibility index (Phi) is 3.59. The second-order valence-corrected chi connectivity index (χ2v) is 5.99. The van der Waals surface area contributed by atoms with Crippen molar-refractivity contribution in [2.45, 2.75) is 19.3 Å². The van der Waals surface area contributed by atoms with Crippen molar-refractivity contribution in [2.24, 2.45) is 0 Å². The highest BCUT2D eigenvalue weighted by Gasteiger charge is 2.40. The van der Waals surface area contributed by atoms with Crippen LogP contribution in [0, 0.1) is 6.92 Å². The molecule has 0 aliphatic carbocycles. The van der Waals surface area contributed by atoms with Gasteiger partial charge < -0.3 is 0 Å². The summed E-state index contributed by atoms with van der Waals surface area (Å²) in [5.74, 6) is -0.456. The van der Waals surface area contributed by atoms with Gasteiger partial charge in [0.1, 0.15) is 5.82 Å². The Bertz CT molecular complexity index is 712. The molecule has 1 aliphatic heterocycles. The number of amides is 2. The number of pyridine rings is 1. The van der Waals surface area contributed by atoms with Crippen LogP contribution in [0.25, 0.3) is 0 Å². The van der Waals surface area contributed by atoms with Crippen LogP contribution in [0.15, 0.2) is 47.1 Å². The van der Waals surface area contributed by atoms with Crippen LogP contribution in [-0.4, -0.2) is 16.8 Å². The summed E-state index contributed by atoms with van der Waals surface area (Å²) in [4.78, 5) is 30.1. The molecule has 0 N–H and O–H groups in total. The molecule has 1 fully saturated rings. The Balaban J connectivity index is 1.94. The molecule has 1 aromatic carbocycles. The molecule has 0 spiro atoms. The lowest BCUT2D eigenvalue weighted by atomic mass is 9.98. The van der Waals surface area contributed by atoms with Gasteiger partial charge in [-0.2, -0.15) is 0 Å². The topological polar surface area (TPSA) is 50.3 Å². The first-order valence-corrected chi connectivity index (χ1v) is 7.40. The van der Waals surface area contributed by atoms with Gasteiger partial charge in [0.2, 0.25) is 11.8 Å². The van der Waals surface area contributed by atoms with Crippen LogP contribution in [0.4, 0.5) is 5.82 Å². The fourth-order valence-corrected chi connectivity index (χ4v) is 2.87. The van der Waals surface area contributed by atoms with Crippen LogP contribution >= 0.6 is 15.9 Å². The molecule has 0 radical (unpaired) electrons. The number of aryl methyl sites for hydroxylation is 1. The fourth-order valence-electron chi connectivity index (χ4n) is 2.45. The number of halogens is 1. The molecule has 1 saturated heterocycles. The first-order valence-electron chi connectivity index (χ1n) is 6.61. The minimum atomic E-state index is -0.432. The molecule has 1 aromatic heterocycles. The van der Waals surface area contributed by atoms with Gasteiger partial charge in [-0.25, -0.2) is 9.88 Å².